The monoisotopic (exact) mass is 377 g/mol. The van der Waals surface area contributed by atoms with Gasteiger partial charge in [0.1, 0.15) is 18.2 Å². The number of aryl methyl sites for hydroxylation is 1. The lowest BCUT2D eigenvalue weighted by Crippen LogP contribution is -2.20. The molecule has 1 amide bonds. The Morgan fingerprint density at radius 1 is 1.21 bits per heavy atom. The zero-order chi connectivity index (χ0) is 19.5. The summed E-state index contributed by atoms with van der Waals surface area (Å²) in [6.07, 6.45) is 5.21. The second-order valence-electron chi connectivity index (χ2n) is 6.13. The number of Topliss-reactive ketones (excluding diaryl/α,β-unsaturated/α-hetero) is 1. The van der Waals surface area contributed by atoms with E-state index in [-0.39, 0.29) is 23.1 Å². The number of anilines is 1. The van der Waals surface area contributed by atoms with Crippen molar-refractivity contribution in [3.05, 3.63) is 65.9 Å². The van der Waals surface area contributed by atoms with Crippen molar-refractivity contribution < 1.29 is 19.1 Å². The predicted molar refractivity (Wildman–Crippen MR) is 97.2 cm³/mol. The highest BCUT2D eigenvalue weighted by atomic mass is 16.5. The first kappa shape index (κ1) is 17.5. The van der Waals surface area contributed by atoms with Gasteiger partial charge in [0, 0.05) is 23.9 Å². The SMILES string of the molecule is O=C1CCc2cc(C(=O)COC(=O)c3cccnc3-n3cncn3)ccc2N1. The quantitative estimate of drug-likeness (QED) is 0.530. The second-order valence-corrected chi connectivity index (χ2v) is 6.13. The second kappa shape index (κ2) is 7.39. The van der Waals surface area contributed by atoms with E-state index < -0.39 is 12.6 Å². The fraction of sp³-hybridized carbons (Fsp3) is 0.158. The maximum atomic E-state index is 12.4. The van der Waals surface area contributed by atoms with E-state index in [9.17, 15) is 14.4 Å². The number of benzene rings is 1. The maximum absolute atomic E-state index is 12.4. The minimum atomic E-state index is -0.683. The van der Waals surface area contributed by atoms with Crippen LogP contribution in [0.15, 0.2) is 49.2 Å². The zero-order valence-electron chi connectivity index (χ0n) is 14.7. The molecule has 0 bridgehead atoms. The van der Waals surface area contributed by atoms with E-state index in [1.807, 2.05) is 0 Å². The van der Waals surface area contributed by atoms with Gasteiger partial charge in [-0.15, -0.1) is 0 Å². The zero-order valence-corrected chi connectivity index (χ0v) is 14.7. The van der Waals surface area contributed by atoms with Gasteiger partial charge in [-0.25, -0.2) is 19.4 Å². The van der Waals surface area contributed by atoms with Gasteiger partial charge in [-0.3, -0.25) is 9.59 Å². The number of ketones is 1. The highest BCUT2D eigenvalue weighted by molar-refractivity contribution is 6.01. The Bertz CT molecular complexity index is 1060. The summed E-state index contributed by atoms with van der Waals surface area (Å²) in [7, 11) is 0. The Kier molecular flexibility index (Phi) is 4.63. The molecule has 0 radical (unpaired) electrons. The van der Waals surface area contributed by atoms with Crippen LogP contribution in [0.25, 0.3) is 5.82 Å². The molecule has 2 aromatic heterocycles. The first-order valence-electron chi connectivity index (χ1n) is 8.55. The number of nitrogens with one attached hydrogen (secondary N) is 1. The van der Waals surface area contributed by atoms with Crippen LogP contribution in [0.4, 0.5) is 5.69 Å². The fourth-order valence-corrected chi connectivity index (χ4v) is 2.91. The van der Waals surface area contributed by atoms with Crippen molar-refractivity contribution in [3.63, 3.8) is 0 Å². The van der Waals surface area contributed by atoms with Gasteiger partial charge < -0.3 is 10.1 Å². The molecule has 9 heteroatoms. The number of esters is 1. The molecule has 0 fully saturated rings. The summed E-state index contributed by atoms with van der Waals surface area (Å²) in [4.78, 5) is 44.3. The van der Waals surface area contributed by atoms with E-state index in [1.165, 1.54) is 23.5 Å². The number of hydrogen-bond donors (Lipinski definition) is 1. The largest absolute Gasteiger partial charge is 0.454 e. The lowest BCUT2D eigenvalue weighted by Gasteiger charge is -2.17. The van der Waals surface area contributed by atoms with Gasteiger partial charge in [-0.1, -0.05) is 0 Å². The first-order chi connectivity index (χ1) is 13.6. The Hall–Kier alpha value is -3.88. The van der Waals surface area contributed by atoms with E-state index in [1.54, 1.807) is 30.3 Å². The molecule has 0 aliphatic carbocycles. The predicted octanol–water partition coefficient (Wildman–Crippen LogP) is 1.59. The molecule has 1 aliphatic rings. The molecule has 3 heterocycles. The maximum Gasteiger partial charge on any atom is 0.342 e. The molecule has 0 spiro atoms. The van der Waals surface area contributed by atoms with Gasteiger partial charge in [0.15, 0.2) is 18.2 Å². The van der Waals surface area contributed by atoms with Crippen LogP contribution < -0.4 is 5.32 Å². The smallest absolute Gasteiger partial charge is 0.342 e. The van der Waals surface area contributed by atoms with Gasteiger partial charge in [-0.2, -0.15) is 5.10 Å². The third kappa shape index (κ3) is 3.50. The molecule has 28 heavy (non-hydrogen) atoms. The number of aromatic nitrogens is 4. The third-order valence-corrected chi connectivity index (χ3v) is 4.30. The van der Waals surface area contributed by atoms with Crippen molar-refractivity contribution in [1.29, 1.82) is 0 Å². The van der Waals surface area contributed by atoms with Gasteiger partial charge in [0.2, 0.25) is 5.91 Å². The molecular formula is C19H15N5O4. The Labute approximate surface area is 159 Å². The van der Waals surface area contributed by atoms with Crippen molar-refractivity contribution in [1.82, 2.24) is 19.7 Å². The number of carbonyl (C=O) groups is 3. The summed E-state index contributed by atoms with van der Waals surface area (Å²) in [5.41, 5.74) is 2.19. The molecule has 0 atom stereocenters. The van der Waals surface area contributed by atoms with Crippen LogP contribution in [-0.2, 0) is 16.0 Å². The first-order valence-corrected chi connectivity index (χ1v) is 8.55. The molecule has 3 aromatic rings. The molecule has 0 saturated heterocycles. The molecule has 1 aliphatic heterocycles. The lowest BCUT2D eigenvalue weighted by atomic mass is 9.99. The molecule has 1 aromatic carbocycles. The highest BCUT2D eigenvalue weighted by Gasteiger charge is 2.19. The molecular weight excluding hydrogens is 362 g/mol. The average molecular weight is 377 g/mol. The summed E-state index contributed by atoms with van der Waals surface area (Å²) in [6, 6.07) is 8.14. The topological polar surface area (TPSA) is 116 Å². The number of carbonyl (C=O) groups excluding carboxylic acids is 3. The van der Waals surface area contributed by atoms with Crippen LogP contribution in [0, 0.1) is 0 Å². The minimum Gasteiger partial charge on any atom is -0.454 e. The Morgan fingerprint density at radius 3 is 2.93 bits per heavy atom. The number of rotatable bonds is 5. The molecule has 9 nitrogen and oxygen atoms in total. The van der Waals surface area contributed by atoms with E-state index in [0.29, 0.717) is 24.1 Å². The van der Waals surface area contributed by atoms with Crippen molar-refractivity contribution in [3.8, 4) is 5.82 Å². The molecule has 4 rings (SSSR count). The number of fused-ring (bicyclic) bond motifs is 1. The van der Waals surface area contributed by atoms with Gasteiger partial charge in [-0.05, 0) is 42.3 Å². The van der Waals surface area contributed by atoms with Crippen LogP contribution >= 0.6 is 0 Å². The number of nitrogens with zero attached hydrogens (tertiary/aromatic N) is 4. The van der Waals surface area contributed by atoms with Crippen molar-refractivity contribution in [2.24, 2.45) is 0 Å². The lowest BCUT2D eigenvalue weighted by molar-refractivity contribution is -0.116. The van der Waals surface area contributed by atoms with E-state index in [0.717, 1.165) is 5.56 Å². The average Bonchev–Trinajstić information content (AvgIpc) is 3.26. The van der Waals surface area contributed by atoms with Crippen molar-refractivity contribution in [2.75, 3.05) is 11.9 Å². The molecule has 0 saturated carbocycles. The fourth-order valence-electron chi connectivity index (χ4n) is 2.91. The van der Waals surface area contributed by atoms with E-state index in [2.05, 4.69) is 20.4 Å². The Morgan fingerprint density at radius 2 is 2.11 bits per heavy atom. The number of pyridine rings is 1. The minimum absolute atomic E-state index is 0.0415. The standard InChI is InChI=1S/C19H15N5O4/c25-16(13-3-5-15-12(8-13)4-6-17(26)23-15)9-28-19(27)14-2-1-7-21-18(14)24-11-20-10-22-24/h1-3,5,7-8,10-11H,4,6,9H2,(H,23,26). The number of ether oxygens (including phenoxy) is 1. The van der Waals surface area contributed by atoms with Gasteiger partial charge in [0.25, 0.3) is 0 Å². The summed E-state index contributed by atoms with van der Waals surface area (Å²) in [5.74, 6) is -0.793. The summed E-state index contributed by atoms with van der Waals surface area (Å²) >= 11 is 0. The molecule has 140 valence electrons. The van der Waals surface area contributed by atoms with Crippen molar-refractivity contribution >= 4 is 23.3 Å². The third-order valence-electron chi connectivity index (χ3n) is 4.30. The van der Waals surface area contributed by atoms with Crippen LogP contribution in [0.1, 0.15) is 32.7 Å². The van der Waals surface area contributed by atoms with Gasteiger partial charge >= 0.3 is 5.97 Å². The summed E-state index contributed by atoms with van der Waals surface area (Å²) in [6.45, 7) is -0.407. The van der Waals surface area contributed by atoms with Crippen LogP contribution in [0.2, 0.25) is 0 Å². The van der Waals surface area contributed by atoms with E-state index in [4.69, 9.17) is 4.74 Å². The summed E-state index contributed by atoms with van der Waals surface area (Å²) < 4.78 is 6.53. The van der Waals surface area contributed by atoms with Crippen LogP contribution in [0.5, 0.6) is 0 Å². The van der Waals surface area contributed by atoms with Crippen molar-refractivity contribution in [2.45, 2.75) is 12.8 Å². The summed E-state index contributed by atoms with van der Waals surface area (Å²) in [5, 5.41) is 6.72. The van der Waals surface area contributed by atoms with E-state index >= 15 is 0 Å². The normalized spacial score (nSPS) is 12.8. The van der Waals surface area contributed by atoms with Crippen LogP contribution in [-0.4, -0.2) is 44.0 Å². The highest BCUT2D eigenvalue weighted by Crippen LogP contribution is 2.23. The number of amides is 1. The molecule has 1 N–H and O–H groups in total. The Balaban J connectivity index is 1.46. The number of hydrogen-bond acceptors (Lipinski definition) is 7. The van der Waals surface area contributed by atoms with Crippen LogP contribution in [0.3, 0.4) is 0 Å². The van der Waals surface area contributed by atoms with Gasteiger partial charge in [0.05, 0.1) is 0 Å². The molecule has 0 unspecified atom stereocenters.